The maximum absolute atomic E-state index is 12.0. The number of hydrogen-bond acceptors (Lipinski definition) is 5. The predicted octanol–water partition coefficient (Wildman–Crippen LogP) is 0.112. The topological polar surface area (TPSA) is 90.7 Å². The highest BCUT2D eigenvalue weighted by Crippen LogP contribution is 2.23. The van der Waals surface area contributed by atoms with Gasteiger partial charge in [-0.15, -0.1) is 11.3 Å². The van der Waals surface area contributed by atoms with E-state index in [0.29, 0.717) is 4.88 Å². The van der Waals surface area contributed by atoms with E-state index in [9.17, 15) is 14.7 Å². The molecule has 2 unspecified atom stereocenters. The number of aliphatic hydroxyl groups is 1. The maximum Gasteiger partial charge on any atom is 0.326 e. The van der Waals surface area contributed by atoms with Crippen LogP contribution >= 0.6 is 11.3 Å². The third kappa shape index (κ3) is 2.29. The Morgan fingerprint density at radius 3 is 2.82 bits per heavy atom. The number of aliphatic carboxylic acids is 1. The summed E-state index contributed by atoms with van der Waals surface area (Å²) in [5.74, 6) is -1.46. The van der Waals surface area contributed by atoms with E-state index in [0.717, 1.165) is 5.01 Å². The molecule has 0 spiro atoms. The number of carboxylic acids is 1. The second-order valence-electron chi connectivity index (χ2n) is 3.94. The van der Waals surface area contributed by atoms with Crippen LogP contribution in [-0.2, 0) is 4.79 Å². The lowest BCUT2D eigenvalue weighted by Gasteiger charge is -2.19. The van der Waals surface area contributed by atoms with E-state index in [1.165, 1.54) is 22.4 Å². The summed E-state index contributed by atoms with van der Waals surface area (Å²) in [4.78, 5) is 28.6. The van der Waals surface area contributed by atoms with Gasteiger partial charge in [0.2, 0.25) is 0 Å². The first-order valence-electron chi connectivity index (χ1n) is 5.13. The first kappa shape index (κ1) is 12.0. The summed E-state index contributed by atoms with van der Waals surface area (Å²) in [6, 6.07) is -0.945. The first-order valence-corrected chi connectivity index (χ1v) is 5.95. The molecule has 0 aromatic carbocycles. The van der Waals surface area contributed by atoms with Gasteiger partial charge in [-0.2, -0.15) is 0 Å². The van der Waals surface area contributed by atoms with Crippen LogP contribution in [0.25, 0.3) is 0 Å². The number of rotatable bonds is 2. The molecule has 92 valence electrons. The molecule has 7 heteroatoms. The molecule has 1 fully saturated rings. The normalized spacial score (nSPS) is 24.0. The molecule has 17 heavy (non-hydrogen) atoms. The summed E-state index contributed by atoms with van der Waals surface area (Å²) in [7, 11) is 0. The van der Waals surface area contributed by atoms with Crippen LogP contribution in [-0.4, -0.2) is 50.7 Å². The minimum Gasteiger partial charge on any atom is -0.480 e. The molecule has 2 heterocycles. The standard InChI is InChI=1S/C10H12N2O4S/c1-5-11-3-8(17-5)9(14)12-4-6(13)2-7(12)10(15)16/h3,6-7,13H,2,4H2,1H3,(H,15,16). The van der Waals surface area contributed by atoms with Crippen LogP contribution in [0.5, 0.6) is 0 Å². The number of aliphatic hydroxyl groups excluding tert-OH is 1. The minimum atomic E-state index is -1.09. The third-order valence-corrected chi connectivity index (χ3v) is 3.56. The highest BCUT2D eigenvalue weighted by atomic mass is 32.1. The molecule has 0 radical (unpaired) electrons. The van der Waals surface area contributed by atoms with Crippen LogP contribution < -0.4 is 0 Å². The van der Waals surface area contributed by atoms with Crippen LogP contribution in [0.2, 0.25) is 0 Å². The Balaban J connectivity index is 2.21. The SMILES string of the molecule is Cc1ncc(C(=O)N2CC(O)CC2C(=O)O)s1. The van der Waals surface area contributed by atoms with Crippen molar-refractivity contribution < 1.29 is 19.8 Å². The van der Waals surface area contributed by atoms with Crippen molar-refractivity contribution in [2.45, 2.75) is 25.5 Å². The van der Waals surface area contributed by atoms with E-state index in [4.69, 9.17) is 5.11 Å². The molecule has 1 saturated heterocycles. The van der Waals surface area contributed by atoms with Crippen molar-refractivity contribution in [3.05, 3.63) is 16.1 Å². The molecule has 1 aliphatic rings. The Morgan fingerprint density at radius 2 is 2.29 bits per heavy atom. The molecule has 2 N–H and O–H groups in total. The molecule has 0 bridgehead atoms. The second kappa shape index (κ2) is 4.42. The Hall–Kier alpha value is -1.47. The fourth-order valence-corrected chi connectivity index (χ4v) is 2.61. The third-order valence-electron chi connectivity index (χ3n) is 2.66. The van der Waals surface area contributed by atoms with Gasteiger partial charge in [0.15, 0.2) is 0 Å². The average molecular weight is 256 g/mol. The average Bonchev–Trinajstić information content (AvgIpc) is 2.83. The highest BCUT2D eigenvalue weighted by Gasteiger charge is 2.39. The molecule has 2 rings (SSSR count). The lowest BCUT2D eigenvalue weighted by molar-refractivity contribution is -0.141. The zero-order valence-electron chi connectivity index (χ0n) is 9.16. The van der Waals surface area contributed by atoms with Crippen molar-refractivity contribution in [3.63, 3.8) is 0 Å². The number of carbonyl (C=O) groups is 2. The van der Waals surface area contributed by atoms with E-state index in [-0.39, 0.29) is 18.9 Å². The molecular weight excluding hydrogens is 244 g/mol. The number of β-amino-alcohol motifs (C(OH)–C–C–N with tert-alkyl or cyclic N) is 1. The van der Waals surface area contributed by atoms with E-state index < -0.39 is 18.1 Å². The number of carboxylic acid groups (broad SMARTS) is 1. The van der Waals surface area contributed by atoms with Gasteiger partial charge < -0.3 is 15.1 Å². The van der Waals surface area contributed by atoms with Crippen LogP contribution in [0.1, 0.15) is 21.1 Å². The predicted molar refractivity (Wildman–Crippen MR) is 59.9 cm³/mol. The van der Waals surface area contributed by atoms with Gasteiger partial charge in [0.1, 0.15) is 10.9 Å². The maximum atomic E-state index is 12.0. The monoisotopic (exact) mass is 256 g/mol. The van der Waals surface area contributed by atoms with E-state index in [1.807, 2.05) is 0 Å². The van der Waals surface area contributed by atoms with Crippen molar-refractivity contribution in [2.24, 2.45) is 0 Å². The highest BCUT2D eigenvalue weighted by molar-refractivity contribution is 7.13. The van der Waals surface area contributed by atoms with Crippen molar-refractivity contribution in [1.29, 1.82) is 0 Å². The number of hydrogen-bond donors (Lipinski definition) is 2. The molecule has 1 aliphatic heterocycles. The van der Waals surface area contributed by atoms with Gasteiger partial charge in [-0.1, -0.05) is 0 Å². The summed E-state index contributed by atoms with van der Waals surface area (Å²) in [5, 5.41) is 19.2. The summed E-state index contributed by atoms with van der Waals surface area (Å²) in [6.07, 6.45) is 0.749. The van der Waals surface area contributed by atoms with Crippen LogP contribution in [0.3, 0.4) is 0 Å². The lowest BCUT2D eigenvalue weighted by Crippen LogP contribution is -2.40. The molecule has 1 amide bonds. The number of aryl methyl sites for hydroxylation is 1. The Kier molecular flexibility index (Phi) is 3.12. The van der Waals surface area contributed by atoms with Crippen LogP contribution in [0, 0.1) is 6.92 Å². The molecule has 1 aromatic heterocycles. The van der Waals surface area contributed by atoms with Gasteiger partial charge >= 0.3 is 5.97 Å². The van der Waals surface area contributed by atoms with Crippen molar-refractivity contribution >= 4 is 23.2 Å². The smallest absolute Gasteiger partial charge is 0.326 e. The van der Waals surface area contributed by atoms with Gasteiger partial charge in [0, 0.05) is 13.0 Å². The second-order valence-corrected chi connectivity index (χ2v) is 5.18. The fourth-order valence-electron chi connectivity index (χ4n) is 1.87. The van der Waals surface area contributed by atoms with Crippen LogP contribution in [0.15, 0.2) is 6.20 Å². The fraction of sp³-hybridized carbons (Fsp3) is 0.500. The van der Waals surface area contributed by atoms with E-state index in [2.05, 4.69) is 4.98 Å². The Morgan fingerprint density at radius 1 is 1.59 bits per heavy atom. The molecule has 6 nitrogen and oxygen atoms in total. The number of thiazole rings is 1. The molecule has 2 atom stereocenters. The van der Waals surface area contributed by atoms with Gasteiger partial charge in [0.05, 0.1) is 17.3 Å². The number of amides is 1. The Bertz CT molecular complexity index is 459. The molecule has 1 aromatic rings. The zero-order valence-corrected chi connectivity index (χ0v) is 9.98. The van der Waals surface area contributed by atoms with Gasteiger partial charge in [-0.3, -0.25) is 4.79 Å². The minimum absolute atomic E-state index is 0.0622. The zero-order chi connectivity index (χ0) is 12.6. The summed E-state index contributed by atoms with van der Waals surface area (Å²) >= 11 is 1.22. The van der Waals surface area contributed by atoms with Crippen molar-refractivity contribution in [1.82, 2.24) is 9.88 Å². The number of likely N-dealkylation sites (tertiary alicyclic amines) is 1. The van der Waals surface area contributed by atoms with Gasteiger partial charge in [0.25, 0.3) is 5.91 Å². The number of carbonyl (C=O) groups excluding carboxylic acids is 1. The summed E-state index contributed by atoms with van der Waals surface area (Å²) in [6.45, 7) is 1.84. The molecule has 0 aliphatic carbocycles. The number of aromatic nitrogens is 1. The van der Waals surface area contributed by atoms with Crippen molar-refractivity contribution in [3.8, 4) is 0 Å². The first-order chi connectivity index (χ1) is 7.99. The van der Waals surface area contributed by atoms with Crippen molar-refractivity contribution in [2.75, 3.05) is 6.54 Å². The van der Waals surface area contributed by atoms with Gasteiger partial charge in [-0.05, 0) is 6.92 Å². The van der Waals surface area contributed by atoms with Crippen LogP contribution in [0.4, 0.5) is 0 Å². The largest absolute Gasteiger partial charge is 0.480 e. The van der Waals surface area contributed by atoms with E-state index >= 15 is 0 Å². The summed E-state index contributed by atoms with van der Waals surface area (Å²) < 4.78 is 0. The quantitative estimate of drug-likeness (QED) is 0.783. The van der Waals surface area contributed by atoms with Gasteiger partial charge in [-0.25, -0.2) is 9.78 Å². The number of nitrogens with zero attached hydrogens (tertiary/aromatic N) is 2. The van der Waals surface area contributed by atoms with E-state index in [1.54, 1.807) is 6.92 Å². The summed E-state index contributed by atoms with van der Waals surface area (Å²) in [5.41, 5.74) is 0. The lowest BCUT2D eigenvalue weighted by atomic mass is 10.2. The molecular formula is C10H12N2O4S. The Labute approximate surface area is 102 Å². The molecule has 0 saturated carbocycles.